The zero-order valence-corrected chi connectivity index (χ0v) is 17.5. The minimum absolute atomic E-state index is 0.0921. The second-order valence-corrected chi connectivity index (χ2v) is 10.7. The van der Waals surface area contributed by atoms with Gasteiger partial charge in [0, 0.05) is 24.2 Å². The van der Waals surface area contributed by atoms with E-state index in [2.05, 4.69) is 25.0 Å². The second-order valence-electron chi connectivity index (χ2n) is 10.7. The fourth-order valence-corrected chi connectivity index (χ4v) is 7.75. The maximum Gasteiger partial charge on any atom is 0.165 e. The number of carbonyl (C=O) groups is 1. The Labute approximate surface area is 168 Å². The Morgan fingerprint density at radius 2 is 2.00 bits per heavy atom. The number of aliphatic hydroxyl groups excluding tert-OH is 1. The van der Waals surface area contributed by atoms with Gasteiger partial charge >= 0.3 is 0 Å². The lowest BCUT2D eigenvalue weighted by atomic mass is 9.45. The molecule has 4 saturated carbocycles. The summed E-state index contributed by atoms with van der Waals surface area (Å²) >= 11 is 0. The molecule has 0 bridgehead atoms. The summed E-state index contributed by atoms with van der Waals surface area (Å²) in [5.41, 5.74) is 2.25. The van der Waals surface area contributed by atoms with Gasteiger partial charge in [0.2, 0.25) is 0 Å². The van der Waals surface area contributed by atoms with Crippen LogP contribution in [0.2, 0.25) is 0 Å². The van der Waals surface area contributed by atoms with Gasteiger partial charge in [-0.25, -0.2) is 0 Å². The number of carbonyl (C=O) groups excluding carboxylic acids is 1. The number of allylic oxidation sites excluding steroid dienone is 1. The molecule has 0 unspecified atom stereocenters. The highest BCUT2D eigenvalue weighted by Gasteiger charge is 2.61. The van der Waals surface area contributed by atoms with Crippen LogP contribution in [-0.2, 0) is 11.8 Å². The van der Waals surface area contributed by atoms with Crippen LogP contribution in [0.15, 0.2) is 18.0 Å². The number of hydrogen-bond acceptors (Lipinski definition) is 3. The van der Waals surface area contributed by atoms with Gasteiger partial charge in [-0.3, -0.25) is 9.48 Å². The number of nitrogens with zero attached hydrogens (tertiary/aromatic N) is 2. The van der Waals surface area contributed by atoms with E-state index in [4.69, 9.17) is 0 Å². The number of aryl methyl sites for hydroxylation is 1. The first-order valence-corrected chi connectivity index (χ1v) is 11.2. The Hall–Kier alpha value is -1.42. The number of hydrogen-bond donors (Lipinski definition) is 1. The van der Waals surface area contributed by atoms with Gasteiger partial charge in [0.05, 0.1) is 12.3 Å². The Morgan fingerprint density at radius 3 is 2.75 bits per heavy atom. The number of aromatic nitrogens is 2. The van der Waals surface area contributed by atoms with E-state index in [1.807, 2.05) is 19.4 Å². The summed E-state index contributed by atoms with van der Waals surface area (Å²) in [4.78, 5) is 13.4. The predicted molar refractivity (Wildman–Crippen MR) is 109 cm³/mol. The second kappa shape index (κ2) is 6.29. The van der Waals surface area contributed by atoms with Crippen LogP contribution in [0, 0.1) is 34.5 Å². The van der Waals surface area contributed by atoms with E-state index in [9.17, 15) is 9.90 Å². The van der Waals surface area contributed by atoms with Crippen LogP contribution < -0.4 is 0 Å². The molecule has 1 N–H and O–H groups in total. The van der Waals surface area contributed by atoms with Gasteiger partial charge in [0.1, 0.15) is 0 Å². The summed E-state index contributed by atoms with van der Waals surface area (Å²) in [6, 6.07) is 0. The molecule has 0 saturated heterocycles. The molecule has 1 heterocycles. The van der Waals surface area contributed by atoms with Gasteiger partial charge in [-0.1, -0.05) is 13.8 Å². The van der Waals surface area contributed by atoms with E-state index in [1.165, 1.54) is 19.3 Å². The molecule has 0 radical (unpaired) electrons. The van der Waals surface area contributed by atoms with Crippen LogP contribution >= 0.6 is 0 Å². The molecule has 0 aliphatic heterocycles. The minimum atomic E-state index is -0.174. The summed E-state index contributed by atoms with van der Waals surface area (Å²) in [7, 11) is 1.92. The van der Waals surface area contributed by atoms with Gasteiger partial charge in [-0.2, -0.15) is 5.10 Å². The lowest BCUT2D eigenvalue weighted by Crippen LogP contribution is -2.54. The summed E-state index contributed by atoms with van der Waals surface area (Å²) < 4.78 is 1.80. The molecule has 0 spiro atoms. The molecule has 1 aromatic rings. The highest BCUT2D eigenvalue weighted by Crippen LogP contribution is 2.66. The van der Waals surface area contributed by atoms with Crippen molar-refractivity contribution in [2.75, 3.05) is 0 Å². The molecular formula is C24H34N2O2. The molecule has 7 atom stereocenters. The minimum Gasteiger partial charge on any atom is -0.393 e. The van der Waals surface area contributed by atoms with E-state index >= 15 is 0 Å². The Kier molecular flexibility index (Phi) is 4.18. The zero-order chi connectivity index (χ0) is 19.7. The third-order valence-corrected chi connectivity index (χ3v) is 9.34. The van der Waals surface area contributed by atoms with Crippen LogP contribution in [0.3, 0.4) is 0 Å². The predicted octanol–water partition coefficient (Wildman–Crippen LogP) is 4.39. The molecular weight excluding hydrogens is 348 g/mol. The average molecular weight is 383 g/mol. The van der Waals surface area contributed by atoms with Crippen molar-refractivity contribution in [2.24, 2.45) is 41.5 Å². The third-order valence-electron chi connectivity index (χ3n) is 9.34. The van der Waals surface area contributed by atoms with Crippen LogP contribution in [0.4, 0.5) is 0 Å². The first-order valence-electron chi connectivity index (χ1n) is 11.2. The van der Waals surface area contributed by atoms with E-state index in [1.54, 1.807) is 4.68 Å². The van der Waals surface area contributed by atoms with Crippen molar-refractivity contribution in [3.05, 3.63) is 23.5 Å². The van der Waals surface area contributed by atoms with Crippen molar-refractivity contribution >= 4 is 11.9 Å². The van der Waals surface area contributed by atoms with E-state index < -0.39 is 0 Å². The monoisotopic (exact) mass is 382 g/mol. The Morgan fingerprint density at radius 1 is 1.18 bits per heavy atom. The van der Waals surface area contributed by atoms with Crippen LogP contribution in [0.5, 0.6) is 0 Å². The number of aliphatic hydroxyl groups is 1. The van der Waals surface area contributed by atoms with Crippen LogP contribution in [-0.4, -0.2) is 26.8 Å². The SMILES string of the molecule is Cn1cc(/C=C2\C[C@H]3[C@@H]4CC[C@@H]5C[C@H](O)CC[C@]5(C)[C@H]4CC[C@]3(C)C2=O)cn1. The van der Waals surface area contributed by atoms with Gasteiger partial charge in [-0.15, -0.1) is 0 Å². The summed E-state index contributed by atoms with van der Waals surface area (Å²) in [5, 5.41) is 14.5. The first kappa shape index (κ1) is 18.6. The molecule has 28 heavy (non-hydrogen) atoms. The van der Waals surface area contributed by atoms with Crippen molar-refractivity contribution in [3.8, 4) is 0 Å². The van der Waals surface area contributed by atoms with Crippen molar-refractivity contribution < 1.29 is 9.90 Å². The van der Waals surface area contributed by atoms with Crippen molar-refractivity contribution in [1.29, 1.82) is 0 Å². The fourth-order valence-electron chi connectivity index (χ4n) is 7.75. The van der Waals surface area contributed by atoms with Gasteiger partial charge in [-0.05, 0) is 92.1 Å². The molecule has 0 amide bonds. The molecule has 5 rings (SSSR count). The lowest BCUT2D eigenvalue weighted by molar-refractivity contribution is -0.141. The highest BCUT2D eigenvalue weighted by atomic mass is 16.3. The summed E-state index contributed by atoms with van der Waals surface area (Å²) in [6.45, 7) is 4.76. The lowest BCUT2D eigenvalue weighted by Gasteiger charge is -2.59. The first-order chi connectivity index (χ1) is 13.3. The van der Waals surface area contributed by atoms with Crippen molar-refractivity contribution in [2.45, 2.75) is 71.3 Å². The summed E-state index contributed by atoms with van der Waals surface area (Å²) in [6.07, 6.45) is 14.6. The average Bonchev–Trinajstić information content (AvgIpc) is 3.18. The molecule has 4 aliphatic rings. The number of Topliss-reactive ketones (excluding diaryl/α,β-unsaturated/α-hetero) is 1. The maximum absolute atomic E-state index is 13.4. The number of rotatable bonds is 1. The van der Waals surface area contributed by atoms with Crippen LogP contribution in [0.1, 0.15) is 70.8 Å². The van der Waals surface area contributed by atoms with E-state index in [-0.39, 0.29) is 11.5 Å². The Bertz CT molecular complexity index is 826. The molecule has 4 fully saturated rings. The maximum atomic E-state index is 13.4. The molecule has 152 valence electrons. The zero-order valence-electron chi connectivity index (χ0n) is 17.5. The van der Waals surface area contributed by atoms with Gasteiger partial charge in [0.25, 0.3) is 0 Å². The smallest absolute Gasteiger partial charge is 0.165 e. The normalized spacial score (nSPS) is 46.9. The van der Waals surface area contributed by atoms with Crippen molar-refractivity contribution in [1.82, 2.24) is 9.78 Å². The van der Waals surface area contributed by atoms with Crippen LogP contribution in [0.25, 0.3) is 6.08 Å². The third kappa shape index (κ3) is 2.59. The molecule has 4 aliphatic carbocycles. The number of fused-ring (bicyclic) bond motifs is 5. The molecule has 4 nitrogen and oxygen atoms in total. The largest absolute Gasteiger partial charge is 0.393 e. The van der Waals surface area contributed by atoms with Gasteiger partial charge in [0.15, 0.2) is 5.78 Å². The standard InChI is InChI=1S/C24H34N2O2/c1-23-8-6-18(27)12-17(23)4-5-19-20(23)7-9-24(2)21(19)11-16(22(24)28)10-15-13-25-26(3)14-15/h10,13-14,17-21,27H,4-9,11-12H2,1-3H3/b16-10+/t17-,18-,19-,20+,21+,23+,24+/m1/s1. The van der Waals surface area contributed by atoms with Gasteiger partial charge < -0.3 is 5.11 Å². The quantitative estimate of drug-likeness (QED) is 0.733. The molecule has 1 aromatic heterocycles. The van der Waals surface area contributed by atoms with E-state index in [0.29, 0.717) is 29.0 Å². The molecule has 4 heteroatoms. The summed E-state index contributed by atoms with van der Waals surface area (Å²) in [5.74, 6) is 2.95. The molecule has 0 aromatic carbocycles. The van der Waals surface area contributed by atoms with Crippen molar-refractivity contribution in [3.63, 3.8) is 0 Å². The number of ketones is 1. The topological polar surface area (TPSA) is 55.1 Å². The van der Waals surface area contributed by atoms with E-state index in [0.717, 1.165) is 49.2 Å². The fraction of sp³-hybridized carbons (Fsp3) is 0.750. The highest BCUT2D eigenvalue weighted by molar-refractivity contribution is 6.05. The Balaban J connectivity index is 1.45.